The minimum atomic E-state index is 0.0630. The fourth-order valence-corrected chi connectivity index (χ4v) is 4.13. The largest absolute Gasteiger partial charge is 0.392 e. The van der Waals surface area contributed by atoms with E-state index in [4.69, 9.17) is 5.11 Å². The fourth-order valence-electron chi connectivity index (χ4n) is 4.13. The molecular weight excluding hydrogens is 368 g/mol. The highest BCUT2D eigenvalue weighted by Gasteiger charge is 2.04. The van der Waals surface area contributed by atoms with Crippen molar-refractivity contribution in [3.63, 3.8) is 0 Å². The Morgan fingerprint density at radius 2 is 0.967 bits per heavy atom. The summed E-state index contributed by atoms with van der Waals surface area (Å²) in [7, 11) is 0. The van der Waals surface area contributed by atoms with Crippen LogP contribution in [0.25, 0.3) is 0 Å². The Morgan fingerprint density at radius 3 is 1.37 bits per heavy atom. The summed E-state index contributed by atoms with van der Waals surface area (Å²) < 4.78 is 0. The molecule has 0 saturated carbocycles. The van der Waals surface area contributed by atoms with Gasteiger partial charge in [-0.05, 0) is 17.5 Å². The third-order valence-corrected chi connectivity index (χ3v) is 6.17. The van der Waals surface area contributed by atoms with Gasteiger partial charge in [-0.25, -0.2) is 0 Å². The summed E-state index contributed by atoms with van der Waals surface area (Å²) in [6, 6.07) is 7.71. The summed E-state index contributed by atoms with van der Waals surface area (Å²) in [4.78, 5) is 12.1. The molecule has 1 rings (SSSR count). The van der Waals surface area contributed by atoms with E-state index in [2.05, 4.69) is 6.92 Å². The average Bonchev–Trinajstić information content (AvgIpc) is 2.76. The first-order valence-electron chi connectivity index (χ1n) is 13.0. The molecule has 0 amide bonds. The van der Waals surface area contributed by atoms with Crippen LogP contribution in [0.5, 0.6) is 0 Å². The van der Waals surface area contributed by atoms with E-state index in [1.165, 1.54) is 103 Å². The molecule has 0 spiro atoms. The van der Waals surface area contributed by atoms with Gasteiger partial charge in [-0.15, -0.1) is 0 Å². The molecule has 0 aliphatic rings. The van der Waals surface area contributed by atoms with E-state index in [9.17, 15) is 4.79 Å². The molecule has 30 heavy (non-hydrogen) atoms. The van der Waals surface area contributed by atoms with Crippen LogP contribution in [0.15, 0.2) is 24.3 Å². The third-order valence-electron chi connectivity index (χ3n) is 6.17. The molecule has 0 atom stereocenters. The van der Waals surface area contributed by atoms with Crippen molar-refractivity contribution >= 4 is 5.78 Å². The van der Waals surface area contributed by atoms with Gasteiger partial charge in [-0.1, -0.05) is 134 Å². The van der Waals surface area contributed by atoms with Gasteiger partial charge in [0.05, 0.1) is 6.61 Å². The second-order valence-corrected chi connectivity index (χ2v) is 9.10. The fraction of sp³-hybridized carbons (Fsp3) is 0.750. The lowest BCUT2D eigenvalue weighted by atomic mass is 10.0. The van der Waals surface area contributed by atoms with E-state index in [1.807, 2.05) is 24.3 Å². The number of benzene rings is 1. The molecule has 0 unspecified atom stereocenters. The number of aliphatic hydroxyl groups excluding tert-OH is 1. The molecule has 0 radical (unpaired) electrons. The second-order valence-electron chi connectivity index (χ2n) is 9.10. The van der Waals surface area contributed by atoms with Gasteiger partial charge in [-0.3, -0.25) is 4.79 Å². The summed E-state index contributed by atoms with van der Waals surface area (Å²) in [6.07, 6.45) is 24.5. The van der Waals surface area contributed by atoms with Crippen LogP contribution in [-0.2, 0) is 17.8 Å². The van der Waals surface area contributed by atoms with Gasteiger partial charge >= 0.3 is 0 Å². The van der Waals surface area contributed by atoms with Gasteiger partial charge in [-0.2, -0.15) is 0 Å². The molecule has 0 aromatic heterocycles. The zero-order valence-electron chi connectivity index (χ0n) is 19.8. The number of aliphatic hydroxyl groups is 1. The number of hydrogen-bond donors (Lipinski definition) is 1. The molecule has 0 heterocycles. The minimum Gasteiger partial charge on any atom is -0.392 e. The maximum atomic E-state index is 12.1. The van der Waals surface area contributed by atoms with Gasteiger partial charge in [0, 0.05) is 12.8 Å². The van der Waals surface area contributed by atoms with Crippen molar-refractivity contribution in [2.24, 2.45) is 0 Å². The third kappa shape index (κ3) is 15.7. The Balaban J connectivity index is 1.80. The van der Waals surface area contributed by atoms with Crippen LogP contribution in [0, 0.1) is 0 Å². The van der Waals surface area contributed by atoms with E-state index < -0.39 is 0 Å². The lowest BCUT2D eigenvalue weighted by Gasteiger charge is -2.04. The molecular formula is C28H48O2. The number of hydrogen-bond acceptors (Lipinski definition) is 2. The Labute approximate surface area is 186 Å². The van der Waals surface area contributed by atoms with Crippen LogP contribution in [-0.4, -0.2) is 10.9 Å². The average molecular weight is 417 g/mol. The van der Waals surface area contributed by atoms with Gasteiger partial charge in [0.2, 0.25) is 0 Å². The minimum absolute atomic E-state index is 0.0630. The lowest BCUT2D eigenvalue weighted by Crippen LogP contribution is -2.02. The summed E-state index contributed by atoms with van der Waals surface area (Å²) in [5, 5.41) is 9.06. The smallest absolute Gasteiger partial charge is 0.137 e. The Bertz CT molecular complexity index is 506. The number of rotatable bonds is 21. The molecule has 1 aromatic rings. The monoisotopic (exact) mass is 416 g/mol. The van der Waals surface area contributed by atoms with Crippen molar-refractivity contribution in [1.29, 1.82) is 0 Å². The van der Waals surface area contributed by atoms with Crippen LogP contribution in [0.4, 0.5) is 0 Å². The highest BCUT2D eigenvalue weighted by atomic mass is 16.3. The first-order valence-corrected chi connectivity index (χ1v) is 13.0. The van der Waals surface area contributed by atoms with Crippen molar-refractivity contribution in [1.82, 2.24) is 0 Å². The second kappa shape index (κ2) is 19.8. The molecule has 0 saturated heterocycles. The lowest BCUT2D eigenvalue weighted by molar-refractivity contribution is -0.118. The predicted molar refractivity (Wildman–Crippen MR) is 130 cm³/mol. The number of unbranched alkanes of at least 4 members (excludes halogenated alkanes) is 16. The van der Waals surface area contributed by atoms with Crippen molar-refractivity contribution in [2.45, 2.75) is 136 Å². The maximum absolute atomic E-state index is 12.1. The van der Waals surface area contributed by atoms with Gasteiger partial charge < -0.3 is 5.11 Å². The zero-order chi connectivity index (χ0) is 21.7. The molecule has 2 nitrogen and oxygen atoms in total. The maximum Gasteiger partial charge on any atom is 0.137 e. The quantitative estimate of drug-likeness (QED) is 0.204. The topological polar surface area (TPSA) is 37.3 Å². The van der Waals surface area contributed by atoms with Gasteiger partial charge in [0.1, 0.15) is 5.78 Å². The Morgan fingerprint density at radius 1 is 0.600 bits per heavy atom. The normalized spacial score (nSPS) is 11.1. The molecule has 0 bridgehead atoms. The Hall–Kier alpha value is -1.15. The van der Waals surface area contributed by atoms with Crippen molar-refractivity contribution < 1.29 is 9.90 Å². The summed E-state index contributed by atoms with van der Waals surface area (Å²) >= 11 is 0. The summed E-state index contributed by atoms with van der Waals surface area (Å²) in [5.41, 5.74) is 1.96. The SMILES string of the molecule is CCCCCCCCCCCCCCCCCCCC(=O)Cc1ccc(CO)cc1. The van der Waals surface area contributed by atoms with Gasteiger partial charge in [0.25, 0.3) is 0 Å². The van der Waals surface area contributed by atoms with Crippen molar-refractivity contribution in [3.8, 4) is 0 Å². The number of carbonyl (C=O) groups excluding carboxylic acids is 1. The van der Waals surface area contributed by atoms with E-state index in [-0.39, 0.29) is 6.61 Å². The molecule has 1 aromatic carbocycles. The van der Waals surface area contributed by atoms with E-state index in [0.29, 0.717) is 18.6 Å². The van der Waals surface area contributed by atoms with Crippen molar-refractivity contribution in [3.05, 3.63) is 35.4 Å². The molecule has 2 heteroatoms. The van der Waals surface area contributed by atoms with Crippen LogP contribution < -0.4 is 0 Å². The first kappa shape index (κ1) is 26.9. The summed E-state index contributed by atoms with van der Waals surface area (Å²) in [6.45, 7) is 2.35. The Kier molecular flexibility index (Phi) is 17.7. The van der Waals surface area contributed by atoms with Crippen molar-refractivity contribution in [2.75, 3.05) is 0 Å². The van der Waals surface area contributed by atoms with Crippen LogP contribution in [0.2, 0.25) is 0 Å². The van der Waals surface area contributed by atoms with Crippen LogP contribution in [0.1, 0.15) is 134 Å². The van der Waals surface area contributed by atoms with E-state index in [0.717, 1.165) is 17.5 Å². The van der Waals surface area contributed by atoms with Gasteiger partial charge in [0.15, 0.2) is 0 Å². The predicted octanol–water partition coefficient (Wildman–Crippen LogP) is 8.33. The molecule has 0 aliphatic heterocycles. The first-order chi connectivity index (χ1) is 14.8. The molecule has 1 N–H and O–H groups in total. The van der Waals surface area contributed by atoms with E-state index >= 15 is 0 Å². The highest BCUT2D eigenvalue weighted by Crippen LogP contribution is 2.15. The van der Waals surface area contributed by atoms with Crippen LogP contribution >= 0.6 is 0 Å². The molecule has 0 aliphatic carbocycles. The van der Waals surface area contributed by atoms with E-state index in [1.54, 1.807) is 0 Å². The number of Topliss-reactive ketones (excluding diaryl/α,β-unsaturated/α-hetero) is 1. The zero-order valence-corrected chi connectivity index (χ0v) is 19.8. The molecule has 0 fully saturated rings. The highest BCUT2D eigenvalue weighted by molar-refractivity contribution is 5.80. The van der Waals surface area contributed by atoms with Crippen LogP contribution in [0.3, 0.4) is 0 Å². The summed E-state index contributed by atoms with van der Waals surface area (Å²) in [5.74, 6) is 0.340. The number of ketones is 1. The standard InChI is InChI=1S/C28H48O2/c1-2-3-4-5-6-7-8-9-10-11-12-13-14-15-16-17-18-19-28(30)24-26-20-22-27(25-29)23-21-26/h20-23,29H,2-19,24-25H2,1H3. The molecule has 172 valence electrons. The number of carbonyl (C=O) groups is 1.